The zero-order chi connectivity index (χ0) is 20.9. The Hall–Kier alpha value is -2.07. The van der Waals surface area contributed by atoms with Crippen molar-refractivity contribution in [3.05, 3.63) is 54.1 Å². The molecule has 2 aromatic rings. The second-order valence-electron chi connectivity index (χ2n) is 6.66. The molecule has 0 spiro atoms. The number of thioether (sulfide) groups is 1. The van der Waals surface area contributed by atoms with Crippen LogP contribution in [0.2, 0.25) is 0 Å². The fourth-order valence-corrected chi connectivity index (χ4v) is 5.27. The quantitative estimate of drug-likeness (QED) is 0.677. The summed E-state index contributed by atoms with van der Waals surface area (Å²) in [7, 11) is -2.15. The third-order valence-corrected chi connectivity index (χ3v) is 7.29. The summed E-state index contributed by atoms with van der Waals surface area (Å²) in [6.07, 6.45) is 2.62. The SMILES string of the molecule is COc1cccc(CN2CCCN(CC(=O)Nc3cccc(SC)c3)S2(=O)=O)c1. The summed E-state index contributed by atoms with van der Waals surface area (Å²) in [6, 6.07) is 14.8. The molecule has 9 heteroatoms. The predicted octanol–water partition coefficient (Wildman–Crippen LogP) is 2.81. The molecule has 2 aromatic carbocycles. The molecule has 0 bridgehead atoms. The van der Waals surface area contributed by atoms with Gasteiger partial charge in [-0.05, 0) is 48.6 Å². The van der Waals surface area contributed by atoms with E-state index in [1.807, 2.05) is 48.7 Å². The van der Waals surface area contributed by atoms with Crippen molar-refractivity contribution in [3.63, 3.8) is 0 Å². The Labute approximate surface area is 176 Å². The lowest BCUT2D eigenvalue weighted by Gasteiger charge is -2.34. The Balaban J connectivity index is 1.67. The molecule has 7 nitrogen and oxygen atoms in total. The molecule has 1 N–H and O–H groups in total. The van der Waals surface area contributed by atoms with Gasteiger partial charge < -0.3 is 10.1 Å². The van der Waals surface area contributed by atoms with Crippen LogP contribution in [0.3, 0.4) is 0 Å². The highest BCUT2D eigenvalue weighted by molar-refractivity contribution is 7.98. The monoisotopic (exact) mass is 435 g/mol. The number of nitrogens with zero attached hydrogens (tertiary/aromatic N) is 2. The Morgan fingerprint density at radius 3 is 2.66 bits per heavy atom. The first kappa shape index (κ1) is 21.6. The van der Waals surface area contributed by atoms with E-state index in [0.29, 0.717) is 30.9 Å². The third-order valence-electron chi connectivity index (χ3n) is 4.63. The highest BCUT2D eigenvalue weighted by Gasteiger charge is 2.34. The lowest BCUT2D eigenvalue weighted by molar-refractivity contribution is -0.116. The van der Waals surface area contributed by atoms with Crippen LogP contribution in [-0.4, -0.2) is 55.9 Å². The van der Waals surface area contributed by atoms with Crippen molar-refractivity contribution in [2.75, 3.05) is 38.3 Å². The molecule has 156 valence electrons. The van der Waals surface area contributed by atoms with Crippen LogP contribution in [0.15, 0.2) is 53.4 Å². The van der Waals surface area contributed by atoms with Gasteiger partial charge in [0.1, 0.15) is 5.75 Å². The van der Waals surface area contributed by atoms with Crippen LogP contribution in [0.25, 0.3) is 0 Å². The van der Waals surface area contributed by atoms with Crippen LogP contribution >= 0.6 is 11.8 Å². The fourth-order valence-electron chi connectivity index (χ4n) is 3.17. The normalized spacial score (nSPS) is 17.0. The van der Waals surface area contributed by atoms with Crippen molar-refractivity contribution in [2.24, 2.45) is 0 Å². The maximum Gasteiger partial charge on any atom is 0.282 e. The van der Waals surface area contributed by atoms with Gasteiger partial charge in [0.05, 0.1) is 13.7 Å². The van der Waals surface area contributed by atoms with Crippen LogP contribution < -0.4 is 10.1 Å². The van der Waals surface area contributed by atoms with Gasteiger partial charge in [-0.3, -0.25) is 4.79 Å². The minimum Gasteiger partial charge on any atom is -0.497 e. The predicted molar refractivity (Wildman–Crippen MR) is 115 cm³/mol. The molecule has 0 saturated carbocycles. The van der Waals surface area contributed by atoms with Crippen LogP contribution in [0.1, 0.15) is 12.0 Å². The van der Waals surface area contributed by atoms with E-state index >= 15 is 0 Å². The maximum atomic E-state index is 13.0. The standard InChI is InChI=1S/C20H25N3O4S2/c1-27-18-8-3-6-16(12-18)14-22-10-5-11-23(29(22,25)26)15-20(24)21-17-7-4-9-19(13-17)28-2/h3-4,6-9,12-13H,5,10-11,14-15H2,1-2H3,(H,21,24). The minimum atomic E-state index is -3.72. The van der Waals surface area contributed by atoms with Crippen molar-refractivity contribution in [1.82, 2.24) is 8.61 Å². The molecular formula is C20H25N3O4S2. The van der Waals surface area contributed by atoms with Crippen molar-refractivity contribution in [1.29, 1.82) is 0 Å². The zero-order valence-electron chi connectivity index (χ0n) is 16.5. The summed E-state index contributed by atoms with van der Waals surface area (Å²) in [6.45, 7) is 0.788. The minimum absolute atomic E-state index is 0.208. The summed E-state index contributed by atoms with van der Waals surface area (Å²) in [4.78, 5) is 13.5. The number of rotatable bonds is 7. The van der Waals surface area contributed by atoms with E-state index in [0.717, 1.165) is 10.5 Å². The van der Waals surface area contributed by atoms with E-state index in [4.69, 9.17) is 4.74 Å². The molecule has 1 saturated heterocycles. The van der Waals surface area contributed by atoms with Crippen LogP contribution in [0, 0.1) is 0 Å². The number of carbonyl (C=O) groups is 1. The molecule has 3 rings (SSSR count). The highest BCUT2D eigenvalue weighted by atomic mass is 32.2. The van der Waals surface area contributed by atoms with Gasteiger partial charge >= 0.3 is 0 Å². The Kier molecular flexibility index (Phi) is 7.18. The lowest BCUT2D eigenvalue weighted by Crippen LogP contribution is -2.51. The van der Waals surface area contributed by atoms with Gasteiger partial charge in [-0.1, -0.05) is 18.2 Å². The number of nitrogens with one attached hydrogen (secondary N) is 1. The largest absolute Gasteiger partial charge is 0.497 e. The van der Waals surface area contributed by atoms with E-state index < -0.39 is 10.2 Å². The first-order chi connectivity index (χ1) is 13.9. The van der Waals surface area contributed by atoms with Gasteiger partial charge in [0.25, 0.3) is 10.2 Å². The van der Waals surface area contributed by atoms with Gasteiger partial charge in [0.15, 0.2) is 0 Å². The van der Waals surface area contributed by atoms with Crippen molar-refractivity contribution >= 4 is 33.6 Å². The van der Waals surface area contributed by atoms with Crippen molar-refractivity contribution in [2.45, 2.75) is 17.9 Å². The molecule has 1 fully saturated rings. The number of benzene rings is 2. The van der Waals surface area contributed by atoms with Crippen LogP contribution in [0.4, 0.5) is 5.69 Å². The number of anilines is 1. The molecule has 0 radical (unpaired) electrons. The van der Waals surface area contributed by atoms with E-state index in [-0.39, 0.29) is 19.0 Å². The van der Waals surface area contributed by atoms with Crippen molar-refractivity contribution < 1.29 is 17.9 Å². The first-order valence-electron chi connectivity index (χ1n) is 9.24. The van der Waals surface area contributed by atoms with Crippen molar-refractivity contribution in [3.8, 4) is 5.75 Å². The van der Waals surface area contributed by atoms with Crippen LogP contribution in [0.5, 0.6) is 5.75 Å². The molecule has 1 aliphatic rings. The topological polar surface area (TPSA) is 79.0 Å². The molecular weight excluding hydrogens is 410 g/mol. The van der Waals surface area contributed by atoms with Gasteiger partial charge in [0.2, 0.25) is 5.91 Å². The summed E-state index contributed by atoms with van der Waals surface area (Å²) < 4.78 is 33.9. The average Bonchev–Trinajstić information content (AvgIpc) is 2.71. The molecule has 0 unspecified atom stereocenters. The summed E-state index contributed by atoms with van der Waals surface area (Å²) in [5.41, 5.74) is 1.50. The van der Waals surface area contributed by atoms with E-state index in [1.54, 1.807) is 24.9 Å². The smallest absolute Gasteiger partial charge is 0.282 e. The second-order valence-corrected chi connectivity index (χ2v) is 9.47. The van der Waals surface area contributed by atoms with E-state index in [9.17, 15) is 13.2 Å². The second kappa shape index (κ2) is 9.62. The number of hydrogen-bond donors (Lipinski definition) is 1. The zero-order valence-corrected chi connectivity index (χ0v) is 18.1. The summed E-state index contributed by atoms with van der Waals surface area (Å²) in [5.74, 6) is 0.329. The molecule has 29 heavy (non-hydrogen) atoms. The Morgan fingerprint density at radius 1 is 1.14 bits per heavy atom. The highest BCUT2D eigenvalue weighted by Crippen LogP contribution is 2.22. The summed E-state index contributed by atoms with van der Waals surface area (Å²) >= 11 is 1.58. The number of carbonyl (C=O) groups excluding carboxylic acids is 1. The first-order valence-corrected chi connectivity index (χ1v) is 11.9. The molecule has 1 amide bonds. The van der Waals surface area contributed by atoms with Gasteiger partial charge in [0, 0.05) is 30.2 Å². The van der Waals surface area contributed by atoms with Gasteiger partial charge in [-0.25, -0.2) is 0 Å². The van der Waals surface area contributed by atoms with E-state index in [1.165, 1.54) is 8.61 Å². The van der Waals surface area contributed by atoms with Gasteiger partial charge in [-0.15, -0.1) is 11.8 Å². The molecule has 0 aromatic heterocycles. The molecule has 1 heterocycles. The average molecular weight is 436 g/mol. The Bertz CT molecular complexity index is 966. The fraction of sp³-hybridized carbons (Fsp3) is 0.350. The van der Waals surface area contributed by atoms with Gasteiger partial charge in [-0.2, -0.15) is 17.0 Å². The Morgan fingerprint density at radius 2 is 1.90 bits per heavy atom. The molecule has 1 aliphatic heterocycles. The molecule has 0 aliphatic carbocycles. The molecule has 0 atom stereocenters. The number of amides is 1. The lowest BCUT2D eigenvalue weighted by atomic mass is 10.2. The number of methoxy groups -OCH3 is 1. The van der Waals surface area contributed by atoms with E-state index in [2.05, 4.69) is 5.32 Å². The number of hydrogen-bond acceptors (Lipinski definition) is 5. The third kappa shape index (κ3) is 5.51. The summed E-state index contributed by atoms with van der Waals surface area (Å²) in [5, 5.41) is 2.79. The number of ether oxygens (including phenoxy) is 1. The maximum absolute atomic E-state index is 13.0. The van der Waals surface area contributed by atoms with Crippen LogP contribution in [-0.2, 0) is 21.5 Å².